The molecule has 0 aliphatic carbocycles. The Balaban J connectivity index is 2.08. The van der Waals surface area contributed by atoms with Crippen molar-refractivity contribution in [1.82, 2.24) is 4.90 Å². The highest BCUT2D eigenvalue weighted by atomic mass is 32.2. The van der Waals surface area contributed by atoms with Crippen molar-refractivity contribution in [3.63, 3.8) is 0 Å². The van der Waals surface area contributed by atoms with Gasteiger partial charge in [0.15, 0.2) is 9.84 Å². The van der Waals surface area contributed by atoms with Crippen molar-refractivity contribution in [2.75, 3.05) is 36.5 Å². The van der Waals surface area contributed by atoms with Gasteiger partial charge < -0.3 is 10.2 Å². The lowest BCUT2D eigenvalue weighted by Gasteiger charge is -2.27. The molecular formula is C15H22N2O3S. The molecule has 1 N–H and O–H groups in total. The molecule has 2 rings (SSSR count). The zero-order valence-electron chi connectivity index (χ0n) is 12.6. The molecule has 0 saturated carbocycles. The van der Waals surface area contributed by atoms with Gasteiger partial charge in [-0.3, -0.25) is 4.79 Å². The molecule has 0 spiro atoms. The number of anilines is 1. The van der Waals surface area contributed by atoms with Gasteiger partial charge in [0.05, 0.1) is 11.5 Å². The Morgan fingerprint density at radius 3 is 2.52 bits per heavy atom. The van der Waals surface area contributed by atoms with Crippen LogP contribution >= 0.6 is 0 Å². The minimum Gasteiger partial charge on any atom is -0.385 e. The number of rotatable bonds is 4. The second-order valence-corrected chi connectivity index (χ2v) is 7.70. The maximum atomic E-state index is 12.4. The Labute approximate surface area is 126 Å². The fourth-order valence-electron chi connectivity index (χ4n) is 2.35. The van der Waals surface area contributed by atoms with Crippen LogP contribution in [-0.4, -0.2) is 50.4 Å². The van der Waals surface area contributed by atoms with E-state index in [0.717, 1.165) is 24.2 Å². The van der Waals surface area contributed by atoms with E-state index in [1.54, 1.807) is 11.0 Å². The van der Waals surface area contributed by atoms with Crippen LogP contribution in [0.3, 0.4) is 0 Å². The van der Waals surface area contributed by atoms with Crippen molar-refractivity contribution >= 4 is 21.4 Å². The molecule has 0 atom stereocenters. The Morgan fingerprint density at radius 1 is 1.29 bits per heavy atom. The van der Waals surface area contributed by atoms with Crippen LogP contribution in [0.2, 0.25) is 0 Å². The molecule has 1 fully saturated rings. The lowest BCUT2D eigenvalue weighted by molar-refractivity contribution is 0.0770. The number of hydrogen-bond donors (Lipinski definition) is 1. The minimum absolute atomic E-state index is 0.0634. The second kappa shape index (κ2) is 6.47. The summed E-state index contributed by atoms with van der Waals surface area (Å²) in [7, 11) is -2.96. The molecule has 5 nitrogen and oxygen atoms in total. The number of nitrogens with one attached hydrogen (secondary N) is 1. The first kappa shape index (κ1) is 15.8. The largest absolute Gasteiger partial charge is 0.385 e. The lowest BCUT2D eigenvalue weighted by atomic mass is 10.1. The van der Waals surface area contributed by atoms with Crippen LogP contribution in [0.1, 0.15) is 29.3 Å². The summed E-state index contributed by atoms with van der Waals surface area (Å²) in [5.74, 6) is 0.0388. The molecule has 21 heavy (non-hydrogen) atoms. The van der Waals surface area contributed by atoms with E-state index >= 15 is 0 Å². The molecule has 0 aromatic heterocycles. The molecule has 116 valence electrons. The number of sulfone groups is 1. The number of nitrogens with zero attached hydrogens (tertiary/aromatic N) is 1. The summed E-state index contributed by atoms with van der Waals surface area (Å²) in [5.41, 5.74) is 2.68. The summed E-state index contributed by atoms with van der Waals surface area (Å²) in [5, 5.41) is 3.31. The van der Waals surface area contributed by atoms with Crippen LogP contribution in [0, 0.1) is 6.92 Å². The van der Waals surface area contributed by atoms with Crippen molar-refractivity contribution in [3.8, 4) is 0 Å². The van der Waals surface area contributed by atoms with Crippen molar-refractivity contribution in [2.24, 2.45) is 0 Å². The van der Waals surface area contributed by atoms with Crippen molar-refractivity contribution in [2.45, 2.75) is 20.3 Å². The topological polar surface area (TPSA) is 66.5 Å². The zero-order valence-corrected chi connectivity index (χ0v) is 13.4. The van der Waals surface area contributed by atoms with Gasteiger partial charge >= 0.3 is 0 Å². The number of aryl methyl sites for hydroxylation is 1. The normalized spacial score (nSPS) is 17.5. The molecule has 1 aromatic carbocycles. The maximum Gasteiger partial charge on any atom is 0.253 e. The molecule has 1 aliphatic rings. The van der Waals surface area contributed by atoms with E-state index in [1.165, 1.54) is 0 Å². The fraction of sp³-hybridized carbons (Fsp3) is 0.533. The van der Waals surface area contributed by atoms with Crippen LogP contribution in [-0.2, 0) is 9.84 Å². The first-order valence-electron chi connectivity index (χ1n) is 7.27. The van der Waals surface area contributed by atoms with E-state index in [2.05, 4.69) is 12.2 Å². The van der Waals surface area contributed by atoms with Crippen LogP contribution in [0.5, 0.6) is 0 Å². The third-order valence-electron chi connectivity index (χ3n) is 3.67. The highest BCUT2D eigenvalue weighted by Crippen LogP contribution is 2.18. The number of benzene rings is 1. The standard InChI is InChI=1S/C15H22N2O3S/c1-3-6-16-14-5-4-13(11-12(14)2)15(18)17-7-9-21(19,20)10-8-17/h4-5,11,16H,3,6-10H2,1-2H3. The van der Waals surface area contributed by atoms with E-state index in [1.807, 2.05) is 19.1 Å². The molecule has 1 amide bonds. The molecule has 1 heterocycles. The summed E-state index contributed by atoms with van der Waals surface area (Å²) >= 11 is 0. The Hall–Kier alpha value is -1.56. The van der Waals surface area contributed by atoms with Crippen molar-refractivity contribution in [3.05, 3.63) is 29.3 Å². The third-order valence-corrected chi connectivity index (χ3v) is 5.28. The highest BCUT2D eigenvalue weighted by Gasteiger charge is 2.25. The predicted octanol–water partition coefficient (Wildman–Crippen LogP) is 1.69. The number of carbonyl (C=O) groups is 1. The molecule has 0 bridgehead atoms. The van der Waals surface area contributed by atoms with Gasteiger partial charge in [0.25, 0.3) is 5.91 Å². The fourth-order valence-corrected chi connectivity index (χ4v) is 3.55. The monoisotopic (exact) mass is 310 g/mol. The van der Waals surface area contributed by atoms with E-state index in [-0.39, 0.29) is 30.5 Å². The van der Waals surface area contributed by atoms with E-state index < -0.39 is 9.84 Å². The zero-order chi connectivity index (χ0) is 15.5. The number of carbonyl (C=O) groups excluding carboxylic acids is 1. The second-order valence-electron chi connectivity index (χ2n) is 5.40. The predicted molar refractivity (Wildman–Crippen MR) is 84.5 cm³/mol. The molecule has 1 aliphatic heterocycles. The first-order valence-corrected chi connectivity index (χ1v) is 9.09. The first-order chi connectivity index (χ1) is 9.93. The van der Waals surface area contributed by atoms with E-state index in [9.17, 15) is 13.2 Å². The van der Waals surface area contributed by atoms with Gasteiger partial charge in [-0.15, -0.1) is 0 Å². The third kappa shape index (κ3) is 3.97. The molecule has 0 unspecified atom stereocenters. The lowest BCUT2D eigenvalue weighted by Crippen LogP contribution is -2.43. The number of hydrogen-bond acceptors (Lipinski definition) is 4. The minimum atomic E-state index is -2.96. The Morgan fingerprint density at radius 2 is 1.95 bits per heavy atom. The smallest absolute Gasteiger partial charge is 0.253 e. The van der Waals surface area contributed by atoms with E-state index in [0.29, 0.717) is 5.56 Å². The van der Waals surface area contributed by atoms with Crippen molar-refractivity contribution in [1.29, 1.82) is 0 Å². The highest BCUT2D eigenvalue weighted by molar-refractivity contribution is 7.91. The summed E-state index contributed by atoms with van der Waals surface area (Å²) < 4.78 is 22.8. The molecule has 0 radical (unpaired) electrons. The Kier molecular flexibility index (Phi) is 4.88. The summed E-state index contributed by atoms with van der Waals surface area (Å²) in [6.07, 6.45) is 1.04. The van der Waals surface area contributed by atoms with Crippen molar-refractivity contribution < 1.29 is 13.2 Å². The van der Waals surface area contributed by atoms with Gasteiger partial charge in [-0.2, -0.15) is 0 Å². The summed E-state index contributed by atoms with van der Waals surface area (Å²) in [4.78, 5) is 14.0. The van der Waals surface area contributed by atoms with Crippen LogP contribution < -0.4 is 5.32 Å². The molecule has 6 heteroatoms. The molecule has 1 saturated heterocycles. The molecular weight excluding hydrogens is 288 g/mol. The number of amides is 1. The SMILES string of the molecule is CCCNc1ccc(C(=O)N2CCS(=O)(=O)CC2)cc1C. The van der Waals surface area contributed by atoms with Gasteiger partial charge in [-0.1, -0.05) is 6.92 Å². The molecule has 1 aromatic rings. The Bertz CT molecular complexity index is 612. The quantitative estimate of drug-likeness (QED) is 0.919. The average Bonchev–Trinajstić information content (AvgIpc) is 2.45. The van der Waals surface area contributed by atoms with Gasteiger partial charge in [-0.05, 0) is 37.1 Å². The van der Waals surface area contributed by atoms with Crippen LogP contribution in [0.4, 0.5) is 5.69 Å². The van der Waals surface area contributed by atoms with Gasteiger partial charge in [0.1, 0.15) is 0 Å². The van der Waals surface area contributed by atoms with Gasteiger partial charge in [0.2, 0.25) is 0 Å². The van der Waals surface area contributed by atoms with Gasteiger partial charge in [-0.25, -0.2) is 8.42 Å². The maximum absolute atomic E-state index is 12.4. The average molecular weight is 310 g/mol. The summed E-state index contributed by atoms with van der Waals surface area (Å²) in [6.45, 7) is 5.55. The van der Waals surface area contributed by atoms with E-state index in [4.69, 9.17) is 0 Å². The summed E-state index contributed by atoms with van der Waals surface area (Å²) in [6, 6.07) is 5.58. The van der Waals surface area contributed by atoms with Crippen LogP contribution in [0.15, 0.2) is 18.2 Å². The van der Waals surface area contributed by atoms with Gasteiger partial charge in [0, 0.05) is 30.9 Å². The van der Waals surface area contributed by atoms with Crippen LogP contribution in [0.25, 0.3) is 0 Å².